The van der Waals surface area contributed by atoms with Gasteiger partial charge in [0.1, 0.15) is 5.75 Å². The molecular weight excluding hydrogens is 426 g/mol. The fourth-order valence-electron chi connectivity index (χ4n) is 1.69. The predicted octanol–water partition coefficient (Wildman–Crippen LogP) is 5.97. The average molecular weight is 430 g/mol. The minimum Gasteiger partial charge on any atom is -0.507 e. The van der Waals surface area contributed by atoms with E-state index in [1.807, 2.05) is 0 Å². The molecule has 0 radical (unpaired) electrons. The lowest BCUT2D eigenvalue weighted by Gasteiger charge is -2.31. The van der Waals surface area contributed by atoms with Gasteiger partial charge in [0.25, 0.3) is 0 Å². The molecule has 1 rings (SSSR count). The van der Waals surface area contributed by atoms with Gasteiger partial charge in [-0.05, 0) is 18.2 Å². The van der Waals surface area contributed by atoms with Gasteiger partial charge in [0, 0.05) is 5.56 Å². The molecule has 0 aromatic heterocycles. The normalized spacial score (nSPS) is 15.2. The number of phenolic OH excluding ortho intramolecular Hbond substituents is 1. The van der Waals surface area contributed by atoms with Gasteiger partial charge in [-0.15, -0.1) is 0 Å². The van der Waals surface area contributed by atoms with E-state index >= 15 is 0 Å². The number of alkyl halides is 14. The molecule has 0 bridgehead atoms. The molecule has 0 saturated heterocycles. The van der Waals surface area contributed by atoms with Crippen LogP contribution in [0.15, 0.2) is 18.2 Å². The smallest absolute Gasteiger partial charge is 0.460 e. The molecule has 27 heavy (non-hydrogen) atoms. The lowest BCUT2D eigenvalue weighted by atomic mass is 9.94. The van der Waals surface area contributed by atoms with Crippen LogP contribution < -0.4 is 0 Å². The van der Waals surface area contributed by atoms with Gasteiger partial charge in [0.05, 0.1) is 5.56 Å². The zero-order valence-electron chi connectivity index (χ0n) is 12.0. The summed E-state index contributed by atoms with van der Waals surface area (Å²) in [7, 11) is 0. The molecule has 1 aromatic rings. The second-order valence-corrected chi connectivity index (χ2v) is 5.03. The van der Waals surface area contributed by atoms with Gasteiger partial charge in [0.15, 0.2) is 0 Å². The minimum absolute atomic E-state index is 0.453. The number of aromatic hydroxyl groups is 1. The highest BCUT2D eigenvalue weighted by atomic mass is 19.4. The molecule has 0 aliphatic heterocycles. The predicted molar refractivity (Wildman–Crippen MR) is 57.9 cm³/mol. The fraction of sp³-hybridized carbons (Fsp3) is 0.500. The van der Waals surface area contributed by atoms with E-state index in [-0.39, 0.29) is 0 Å². The first-order chi connectivity index (χ1) is 11.6. The molecule has 0 atom stereocenters. The summed E-state index contributed by atoms with van der Waals surface area (Å²) in [5, 5.41) is 8.99. The molecule has 156 valence electrons. The maximum atomic E-state index is 13.5. The van der Waals surface area contributed by atoms with E-state index in [1.54, 1.807) is 0 Å². The van der Waals surface area contributed by atoms with Crippen molar-refractivity contribution < 1.29 is 66.6 Å². The fourth-order valence-corrected chi connectivity index (χ4v) is 1.69. The van der Waals surface area contributed by atoms with Crippen molar-refractivity contribution in [3.8, 4) is 5.75 Å². The number of rotatable bonds is 4. The third-order valence-electron chi connectivity index (χ3n) is 3.20. The van der Waals surface area contributed by atoms with E-state index in [9.17, 15) is 61.5 Å². The van der Waals surface area contributed by atoms with Gasteiger partial charge in [-0.3, -0.25) is 0 Å². The summed E-state index contributed by atoms with van der Waals surface area (Å²) < 4.78 is 178. The standard InChI is InChI=1S/C12H4F14O/c13-7(14,9(17,18)11(21,22)23)4-1-2-6(27)5(3-4)8(15,16)10(19,20)12(24,25)26/h1-3,27H. The van der Waals surface area contributed by atoms with Crippen LogP contribution in [0.1, 0.15) is 11.1 Å². The largest absolute Gasteiger partial charge is 0.507 e. The monoisotopic (exact) mass is 430 g/mol. The maximum Gasteiger partial charge on any atom is 0.460 e. The minimum atomic E-state index is -6.99. The topological polar surface area (TPSA) is 20.2 Å². The average Bonchev–Trinajstić information content (AvgIpc) is 2.44. The zero-order chi connectivity index (χ0) is 21.9. The van der Waals surface area contributed by atoms with Crippen LogP contribution in [0.4, 0.5) is 61.5 Å². The summed E-state index contributed by atoms with van der Waals surface area (Å²) in [4.78, 5) is 0. The van der Waals surface area contributed by atoms with Gasteiger partial charge in [-0.25, -0.2) is 0 Å². The lowest BCUT2D eigenvalue weighted by Crippen LogP contribution is -2.51. The number of halogens is 14. The Kier molecular flexibility index (Phi) is 5.15. The molecular formula is C12H4F14O. The highest BCUT2D eigenvalue weighted by molar-refractivity contribution is 5.42. The summed E-state index contributed by atoms with van der Waals surface area (Å²) in [6.45, 7) is 0. The molecule has 15 heteroatoms. The van der Waals surface area contributed by atoms with Gasteiger partial charge >= 0.3 is 36.0 Å². The van der Waals surface area contributed by atoms with E-state index in [4.69, 9.17) is 5.11 Å². The quantitative estimate of drug-likeness (QED) is 0.584. The number of phenols is 1. The van der Waals surface area contributed by atoms with Crippen LogP contribution >= 0.6 is 0 Å². The number of hydrogen-bond acceptors (Lipinski definition) is 1. The highest BCUT2D eigenvalue weighted by Gasteiger charge is 2.76. The Morgan fingerprint density at radius 1 is 0.556 bits per heavy atom. The Bertz CT molecular complexity index is 699. The van der Waals surface area contributed by atoms with Gasteiger partial charge in [-0.1, -0.05) is 0 Å². The van der Waals surface area contributed by atoms with Crippen molar-refractivity contribution in [2.75, 3.05) is 0 Å². The Morgan fingerprint density at radius 3 is 1.30 bits per heavy atom. The second-order valence-electron chi connectivity index (χ2n) is 5.03. The van der Waals surface area contributed by atoms with E-state index < -0.39 is 71.1 Å². The summed E-state index contributed by atoms with van der Waals surface area (Å²) in [5.41, 5.74) is -5.62. The lowest BCUT2D eigenvalue weighted by molar-refractivity contribution is -0.361. The van der Waals surface area contributed by atoms with Gasteiger partial charge in [0.2, 0.25) is 0 Å². The van der Waals surface area contributed by atoms with E-state index in [0.717, 1.165) is 0 Å². The highest BCUT2D eigenvalue weighted by Crippen LogP contribution is 2.56. The first kappa shape index (κ1) is 23.1. The molecule has 0 saturated carbocycles. The van der Waals surface area contributed by atoms with Crippen molar-refractivity contribution in [3.05, 3.63) is 29.3 Å². The summed E-state index contributed by atoms with van der Waals surface area (Å²) >= 11 is 0. The van der Waals surface area contributed by atoms with Gasteiger partial charge in [-0.2, -0.15) is 61.5 Å². The van der Waals surface area contributed by atoms with Crippen LogP contribution in [-0.4, -0.2) is 29.3 Å². The van der Waals surface area contributed by atoms with Crippen molar-refractivity contribution in [2.24, 2.45) is 0 Å². The van der Waals surface area contributed by atoms with Crippen molar-refractivity contribution in [2.45, 2.75) is 36.0 Å². The Hall–Kier alpha value is -1.96. The molecule has 0 spiro atoms. The van der Waals surface area contributed by atoms with Crippen molar-refractivity contribution in [1.82, 2.24) is 0 Å². The third kappa shape index (κ3) is 3.35. The summed E-state index contributed by atoms with van der Waals surface area (Å²) in [6, 6.07) is -2.11. The Labute approximate surface area is 139 Å². The first-order valence-corrected chi connectivity index (χ1v) is 6.11. The van der Waals surface area contributed by atoms with E-state index in [2.05, 4.69) is 0 Å². The maximum absolute atomic E-state index is 13.5. The van der Waals surface area contributed by atoms with Crippen LogP contribution in [-0.2, 0) is 11.8 Å². The number of benzene rings is 1. The molecule has 0 heterocycles. The molecule has 0 aliphatic rings. The molecule has 0 fully saturated rings. The van der Waals surface area contributed by atoms with E-state index in [1.165, 1.54) is 0 Å². The molecule has 0 amide bonds. The number of hydrogen-bond donors (Lipinski definition) is 1. The summed E-state index contributed by atoms with van der Waals surface area (Å²) in [5.74, 6) is -28.9. The SMILES string of the molecule is Oc1ccc(C(F)(F)C(F)(F)C(F)(F)F)cc1C(F)(F)C(F)(F)C(F)(F)F. The van der Waals surface area contributed by atoms with Crippen LogP contribution in [0, 0.1) is 0 Å². The van der Waals surface area contributed by atoms with Crippen molar-refractivity contribution in [1.29, 1.82) is 0 Å². The molecule has 0 aliphatic carbocycles. The molecule has 1 aromatic carbocycles. The van der Waals surface area contributed by atoms with Crippen molar-refractivity contribution in [3.63, 3.8) is 0 Å². The van der Waals surface area contributed by atoms with E-state index in [0.29, 0.717) is 0 Å². The zero-order valence-corrected chi connectivity index (χ0v) is 12.0. The Morgan fingerprint density at radius 2 is 0.926 bits per heavy atom. The van der Waals surface area contributed by atoms with Crippen LogP contribution in [0.3, 0.4) is 0 Å². The Balaban J connectivity index is 3.67. The van der Waals surface area contributed by atoms with Crippen LogP contribution in [0.2, 0.25) is 0 Å². The molecule has 1 N–H and O–H groups in total. The summed E-state index contributed by atoms with van der Waals surface area (Å²) in [6.07, 6.45) is -13.9. The van der Waals surface area contributed by atoms with Crippen LogP contribution in [0.25, 0.3) is 0 Å². The molecule has 1 nitrogen and oxygen atoms in total. The molecule has 0 unspecified atom stereocenters. The van der Waals surface area contributed by atoms with Crippen LogP contribution in [0.5, 0.6) is 5.75 Å². The van der Waals surface area contributed by atoms with Crippen molar-refractivity contribution >= 4 is 0 Å². The second kappa shape index (κ2) is 6.02. The van der Waals surface area contributed by atoms with Gasteiger partial charge < -0.3 is 5.11 Å². The third-order valence-corrected chi connectivity index (χ3v) is 3.20. The first-order valence-electron chi connectivity index (χ1n) is 6.11.